The molecule has 0 aliphatic rings. The lowest BCUT2D eigenvalue weighted by atomic mass is 10.0. The van der Waals surface area contributed by atoms with E-state index in [2.05, 4.69) is 9.69 Å². The molecule has 5 N–H and O–H groups in total. The highest BCUT2D eigenvalue weighted by atomic mass is 32.1. The van der Waals surface area contributed by atoms with Gasteiger partial charge in [-0.25, -0.2) is 4.39 Å². The van der Waals surface area contributed by atoms with Crippen LogP contribution in [0.25, 0.3) is 0 Å². The number of hydrogen-bond acceptors (Lipinski definition) is 7. The lowest BCUT2D eigenvalue weighted by Crippen LogP contribution is -2.43. The number of hydrogen-bond donors (Lipinski definition) is 3. The van der Waals surface area contributed by atoms with Gasteiger partial charge in [-0.1, -0.05) is 60.7 Å². The van der Waals surface area contributed by atoms with E-state index in [1.54, 1.807) is 24.3 Å². The molecule has 9 nitrogen and oxygen atoms in total. The largest absolute Gasteiger partial charge is 0.496 e. The Morgan fingerprint density at radius 3 is 2.33 bits per heavy atom. The summed E-state index contributed by atoms with van der Waals surface area (Å²) in [5.41, 5.74) is 12.9. The number of aromatic nitrogens is 1. The minimum atomic E-state index is -1.20. The van der Waals surface area contributed by atoms with Crippen molar-refractivity contribution in [1.82, 2.24) is 14.6 Å². The molecule has 1 atom stereocenters. The van der Waals surface area contributed by atoms with E-state index >= 15 is 0 Å². The minimum Gasteiger partial charge on any atom is -0.496 e. The lowest BCUT2D eigenvalue weighted by molar-refractivity contribution is -0.126. The first kappa shape index (κ1) is 27.3. The van der Waals surface area contributed by atoms with Crippen molar-refractivity contribution in [3.05, 3.63) is 112 Å². The number of amides is 3. The zero-order valence-electron chi connectivity index (χ0n) is 21.0. The van der Waals surface area contributed by atoms with Crippen LogP contribution in [0, 0.1) is 5.82 Å². The van der Waals surface area contributed by atoms with Crippen molar-refractivity contribution in [2.75, 3.05) is 12.8 Å². The molecule has 0 aliphatic heterocycles. The van der Waals surface area contributed by atoms with Crippen molar-refractivity contribution in [3.8, 4) is 5.75 Å². The van der Waals surface area contributed by atoms with Crippen LogP contribution < -0.4 is 21.5 Å². The maximum atomic E-state index is 14.0. The average molecular weight is 548 g/mol. The smallest absolute Gasteiger partial charge is 0.270 e. The van der Waals surface area contributed by atoms with Crippen LogP contribution in [0.4, 0.5) is 10.1 Å². The summed E-state index contributed by atoms with van der Waals surface area (Å²) in [7, 11) is 1.50. The number of ether oxygens (including phenoxy) is 1. The number of anilines is 1. The normalized spacial score (nSPS) is 11.4. The number of carbonyl (C=O) groups excluding carboxylic acids is 3. The molecule has 3 aromatic carbocycles. The number of para-hydroxylation sites is 1. The number of halogens is 1. The number of nitrogen functional groups attached to an aromatic ring is 1. The Hall–Kier alpha value is -4.77. The number of carbonyl (C=O) groups is 3. The van der Waals surface area contributed by atoms with Gasteiger partial charge in [-0.3, -0.25) is 14.4 Å². The molecular formula is C28H26FN5O4S. The van der Waals surface area contributed by atoms with Crippen molar-refractivity contribution >= 4 is 34.9 Å². The standard InChI is InChI=1S/C28H26FN5O4S/c1-38-21-10-6-5-9-19(21)16-34(28(37)25-22(30)23(26(31)35)33-39-25)24(18-11-13-20(29)14-12-18)27(36)32-15-17-7-3-2-4-8-17/h2-14,24H,15-16,30H2,1H3,(H2,31,35)(H,32,36)/t24-/m0/s1. The predicted octanol–water partition coefficient (Wildman–Crippen LogP) is 3.67. The summed E-state index contributed by atoms with van der Waals surface area (Å²) in [5.74, 6) is -2.05. The Morgan fingerprint density at radius 1 is 1.03 bits per heavy atom. The molecule has 1 aromatic heterocycles. The zero-order chi connectivity index (χ0) is 27.9. The van der Waals surface area contributed by atoms with Crippen molar-refractivity contribution in [2.24, 2.45) is 5.73 Å². The van der Waals surface area contributed by atoms with Gasteiger partial charge in [0.2, 0.25) is 5.91 Å². The van der Waals surface area contributed by atoms with Gasteiger partial charge < -0.3 is 26.4 Å². The zero-order valence-corrected chi connectivity index (χ0v) is 21.8. The SMILES string of the molecule is COc1ccccc1CN(C(=O)c1snc(C(N)=O)c1N)[C@H](C(=O)NCc1ccccc1)c1ccc(F)cc1. The van der Waals surface area contributed by atoms with Gasteiger partial charge in [-0.15, -0.1) is 0 Å². The molecule has 4 rings (SSSR count). The number of nitrogens with zero attached hydrogens (tertiary/aromatic N) is 2. The Labute approximate surface area is 228 Å². The van der Waals surface area contributed by atoms with Crippen molar-refractivity contribution in [1.29, 1.82) is 0 Å². The summed E-state index contributed by atoms with van der Waals surface area (Å²) < 4.78 is 23.3. The molecule has 0 saturated heterocycles. The maximum Gasteiger partial charge on any atom is 0.270 e. The Morgan fingerprint density at radius 2 is 1.69 bits per heavy atom. The molecule has 0 radical (unpaired) electrons. The first-order chi connectivity index (χ1) is 18.8. The number of rotatable bonds is 10. The highest BCUT2D eigenvalue weighted by Crippen LogP contribution is 2.32. The van der Waals surface area contributed by atoms with E-state index in [4.69, 9.17) is 16.2 Å². The molecular weight excluding hydrogens is 521 g/mol. The predicted molar refractivity (Wildman–Crippen MR) is 145 cm³/mol. The average Bonchev–Trinajstić information content (AvgIpc) is 3.34. The molecule has 0 aliphatic carbocycles. The van der Waals surface area contributed by atoms with Gasteiger partial charge in [0, 0.05) is 12.1 Å². The molecule has 0 unspecified atom stereocenters. The van der Waals surface area contributed by atoms with E-state index in [0.29, 0.717) is 28.4 Å². The molecule has 39 heavy (non-hydrogen) atoms. The molecule has 4 aromatic rings. The second-order valence-electron chi connectivity index (χ2n) is 8.54. The monoisotopic (exact) mass is 547 g/mol. The third-order valence-electron chi connectivity index (χ3n) is 6.01. The quantitative estimate of drug-likeness (QED) is 0.277. The first-order valence-corrected chi connectivity index (χ1v) is 12.6. The number of methoxy groups -OCH3 is 1. The van der Waals surface area contributed by atoms with Crippen LogP contribution >= 0.6 is 11.5 Å². The molecule has 0 saturated carbocycles. The number of nitrogens with two attached hydrogens (primary N) is 2. The van der Waals surface area contributed by atoms with Gasteiger partial charge in [0.1, 0.15) is 22.5 Å². The van der Waals surface area contributed by atoms with E-state index in [0.717, 1.165) is 5.56 Å². The van der Waals surface area contributed by atoms with Gasteiger partial charge in [0.15, 0.2) is 5.69 Å². The first-order valence-electron chi connectivity index (χ1n) is 11.8. The summed E-state index contributed by atoms with van der Waals surface area (Å²) in [6, 6.07) is 20.4. The Balaban J connectivity index is 1.80. The van der Waals surface area contributed by atoms with Gasteiger partial charge in [-0.2, -0.15) is 4.37 Å². The molecule has 1 heterocycles. The highest BCUT2D eigenvalue weighted by Gasteiger charge is 2.35. The summed E-state index contributed by atoms with van der Waals surface area (Å²) in [5, 5.41) is 2.88. The van der Waals surface area contributed by atoms with E-state index in [9.17, 15) is 18.8 Å². The second-order valence-corrected chi connectivity index (χ2v) is 9.31. The molecule has 0 bridgehead atoms. The van der Waals surface area contributed by atoms with Crippen LogP contribution in [0.5, 0.6) is 5.75 Å². The van der Waals surface area contributed by atoms with E-state index in [1.165, 1.54) is 36.3 Å². The maximum absolute atomic E-state index is 14.0. The van der Waals surface area contributed by atoms with Gasteiger partial charge in [-0.05, 0) is 40.9 Å². The summed E-state index contributed by atoms with van der Waals surface area (Å²) in [4.78, 5) is 40.8. The van der Waals surface area contributed by atoms with Gasteiger partial charge in [0.05, 0.1) is 19.3 Å². The molecule has 3 amide bonds. The van der Waals surface area contributed by atoms with Crippen LogP contribution in [0.1, 0.15) is 42.9 Å². The Bertz CT molecular complexity index is 1480. The number of nitrogens with one attached hydrogen (secondary N) is 1. The fraction of sp³-hybridized carbons (Fsp3) is 0.143. The van der Waals surface area contributed by atoms with Crippen LogP contribution in [0.3, 0.4) is 0 Å². The van der Waals surface area contributed by atoms with Gasteiger partial charge in [0.25, 0.3) is 11.8 Å². The second kappa shape index (κ2) is 12.2. The van der Waals surface area contributed by atoms with Crippen molar-refractivity contribution < 1.29 is 23.5 Å². The topological polar surface area (TPSA) is 141 Å². The van der Waals surface area contributed by atoms with Crippen molar-refractivity contribution in [2.45, 2.75) is 19.1 Å². The van der Waals surface area contributed by atoms with Crippen LogP contribution in [0.2, 0.25) is 0 Å². The number of primary amides is 1. The molecule has 0 spiro atoms. The summed E-state index contributed by atoms with van der Waals surface area (Å²) in [6.07, 6.45) is 0. The van der Waals surface area contributed by atoms with E-state index in [-0.39, 0.29) is 29.3 Å². The van der Waals surface area contributed by atoms with Crippen molar-refractivity contribution in [3.63, 3.8) is 0 Å². The number of benzene rings is 3. The highest BCUT2D eigenvalue weighted by molar-refractivity contribution is 7.09. The van der Waals surface area contributed by atoms with E-state index < -0.39 is 29.6 Å². The third kappa shape index (κ3) is 6.21. The molecule has 0 fully saturated rings. The molecule has 11 heteroatoms. The summed E-state index contributed by atoms with van der Waals surface area (Å²) >= 11 is 0.708. The van der Waals surface area contributed by atoms with Gasteiger partial charge >= 0.3 is 0 Å². The minimum absolute atomic E-state index is 0.0540. The molecule has 200 valence electrons. The fourth-order valence-corrected chi connectivity index (χ4v) is 4.82. The Kier molecular flexibility index (Phi) is 8.52. The summed E-state index contributed by atoms with van der Waals surface area (Å²) in [6.45, 7) is 0.121. The van der Waals surface area contributed by atoms with E-state index in [1.807, 2.05) is 30.3 Å². The van der Waals surface area contributed by atoms with Crippen LogP contribution in [0.15, 0.2) is 78.9 Å². The third-order valence-corrected chi connectivity index (χ3v) is 6.86. The van der Waals surface area contributed by atoms with Crippen LogP contribution in [-0.2, 0) is 17.9 Å². The lowest BCUT2D eigenvalue weighted by Gasteiger charge is -2.31. The van der Waals surface area contributed by atoms with Crippen LogP contribution in [-0.4, -0.2) is 34.1 Å². The fourth-order valence-electron chi connectivity index (χ4n) is 4.06.